The van der Waals surface area contributed by atoms with Gasteiger partial charge in [-0.2, -0.15) is 15.1 Å². The molecule has 1 aliphatic rings. The van der Waals surface area contributed by atoms with Crippen LogP contribution in [0.25, 0.3) is 11.0 Å². The highest BCUT2D eigenvalue weighted by Gasteiger charge is 2.26. The zero-order chi connectivity index (χ0) is 14.1. The van der Waals surface area contributed by atoms with Gasteiger partial charge in [0, 0.05) is 12.6 Å². The molecule has 0 aromatic carbocycles. The third-order valence-corrected chi connectivity index (χ3v) is 3.91. The highest BCUT2D eigenvalue weighted by atomic mass is 15.3. The molecule has 1 aliphatic carbocycles. The lowest BCUT2D eigenvalue weighted by molar-refractivity contribution is 0.532. The first-order valence-corrected chi connectivity index (χ1v) is 7.38. The Hall–Kier alpha value is -1.85. The van der Waals surface area contributed by atoms with Crippen molar-refractivity contribution in [1.82, 2.24) is 20.2 Å². The summed E-state index contributed by atoms with van der Waals surface area (Å²) in [5, 5.41) is 7.94. The van der Waals surface area contributed by atoms with E-state index >= 15 is 0 Å². The summed E-state index contributed by atoms with van der Waals surface area (Å²) < 4.78 is 0. The number of H-pyrrole nitrogens is 1. The van der Waals surface area contributed by atoms with Crippen LogP contribution in [-0.2, 0) is 0 Å². The minimum absolute atomic E-state index is 0.309. The van der Waals surface area contributed by atoms with E-state index in [2.05, 4.69) is 38.9 Å². The van der Waals surface area contributed by atoms with Gasteiger partial charge in [0.25, 0.3) is 0 Å². The molecule has 3 N–H and O–H groups in total. The standard InChI is InChI=1S/C14H22N6/c1-9(2)8-20(10-5-3-4-6-10)13-11-7-16-19-12(11)17-14(15)18-13/h7,9-10H,3-6,8H2,1-2H3,(H3,15,16,17,18,19). The first-order chi connectivity index (χ1) is 9.65. The van der Waals surface area contributed by atoms with Gasteiger partial charge in [0.2, 0.25) is 5.95 Å². The molecule has 2 heterocycles. The Labute approximate surface area is 118 Å². The van der Waals surface area contributed by atoms with Gasteiger partial charge < -0.3 is 10.6 Å². The Morgan fingerprint density at radius 3 is 2.80 bits per heavy atom. The predicted molar refractivity (Wildman–Crippen MR) is 80.5 cm³/mol. The number of nitrogens with zero attached hydrogens (tertiary/aromatic N) is 4. The largest absolute Gasteiger partial charge is 0.368 e. The second kappa shape index (κ2) is 5.26. The van der Waals surface area contributed by atoms with E-state index in [4.69, 9.17) is 5.73 Å². The van der Waals surface area contributed by atoms with E-state index in [-0.39, 0.29) is 0 Å². The number of anilines is 2. The molecule has 0 saturated heterocycles. The van der Waals surface area contributed by atoms with Crippen LogP contribution in [0.5, 0.6) is 0 Å². The topological polar surface area (TPSA) is 83.7 Å². The smallest absolute Gasteiger partial charge is 0.224 e. The predicted octanol–water partition coefficient (Wildman–Crippen LogP) is 2.34. The average molecular weight is 274 g/mol. The third kappa shape index (κ3) is 2.42. The molecular weight excluding hydrogens is 252 g/mol. The van der Waals surface area contributed by atoms with E-state index in [0.717, 1.165) is 23.4 Å². The molecule has 3 rings (SSSR count). The molecule has 2 aromatic rings. The quantitative estimate of drug-likeness (QED) is 0.894. The summed E-state index contributed by atoms with van der Waals surface area (Å²) in [4.78, 5) is 11.1. The number of nitrogens with two attached hydrogens (primary N) is 1. The van der Waals surface area contributed by atoms with E-state index in [1.54, 1.807) is 6.20 Å². The van der Waals surface area contributed by atoms with Crippen LogP contribution in [-0.4, -0.2) is 32.8 Å². The Morgan fingerprint density at radius 2 is 2.10 bits per heavy atom. The zero-order valence-corrected chi connectivity index (χ0v) is 12.1. The summed E-state index contributed by atoms with van der Waals surface area (Å²) in [6.07, 6.45) is 6.86. The van der Waals surface area contributed by atoms with E-state index in [9.17, 15) is 0 Å². The number of hydrogen-bond donors (Lipinski definition) is 2. The monoisotopic (exact) mass is 274 g/mol. The van der Waals surface area contributed by atoms with Gasteiger partial charge >= 0.3 is 0 Å². The van der Waals surface area contributed by atoms with Crippen LogP contribution >= 0.6 is 0 Å². The van der Waals surface area contributed by atoms with Crippen molar-refractivity contribution in [1.29, 1.82) is 0 Å². The van der Waals surface area contributed by atoms with E-state index < -0.39 is 0 Å². The van der Waals surface area contributed by atoms with E-state index in [1.807, 2.05) is 0 Å². The summed E-state index contributed by atoms with van der Waals surface area (Å²) in [5.74, 6) is 1.82. The maximum absolute atomic E-state index is 5.85. The maximum Gasteiger partial charge on any atom is 0.224 e. The summed E-state index contributed by atoms with van der Waals surface area (Å²) in [7, 11) is 0. The van der Waals surface area contributed by atoms with Gasteiger partial charge in [-0.15, -0.1) is 0 Å². The highest BCUT2D eigenvalue weighted by molar-refractivity contribution is 5.87. The molecule has 0 bridgehead atoms. The Balaban J connectivity index is 2.05. The van der Waals surface area contributed by atoms with Crippen molar-refractivity contribution in [2.75, 3.05) is 17.2 Å². The van der Waals surface area contributed by atoms with Crippen molar-refractivity contribution in [3.63, 3.8) is 0 Å². The van der Waals surface area contributed by atoms with Gasteiger partial charge in [-0.25, -0.2) is 0 Å². The molecule has 6 heteroatoms. The number of rotatable bonds is 4. The average Bonchev–Trinajstić information content (AvgIpc) is 3.05. The molecule has 20 heavy (non-hydrogen) atoms. The first kappa shape index (κ1) is 13.1. The Morgan fingerprint density at radius 1 is 1.35 bits per heavy atom. The number of nitrogens with one attached hydrogen (secondary N) is 1. The van der Waals surface area contributed by atoms with Crippen LogP contribution in [0.4, 0.5) is 11.8 Å². The Kier molecular flexibility index (Phi) is 3.46. The van der Waals surface area contributed by atoms with E-state index in [0.29, 0.717) is 17.9 Å². The van der Waals surface area contributed by atoms with Gasteiger partial charge in [-0.1, -0.05) is 26.7 Å². The van der Waals surface area contributed by atoms with Crippen LogP contribution in [0.3, 0.4) is 0 Å². The minimum atomic E-state index is 0.309. The molecule has 0 amide bonds. The molecule has 2 aromatic heterocycles. The van der Waals surface area contributed by atoms with Gasteiger partial charge in [0.15, 0.2) is 5.65 Å². The summed E-state index contributed by atoms with van der Waals surface area (Å²) in [5.41, 5.74) is 6.58. The maximum atomic E-state index is 5.85. The van der Waals surface area contributed by atoms with Crippen molar-refractivity contribution in [3.8, 4) is 0 Å². The van der Waals surface area contributed by atoms with Crippen LogP contribution < -0.4 is 10.6 Å². The number of aromatic nitrogens is 4. The number of hydrogen-bond acceptors (Lipinski definition) is 5. The molecule has 1 fully saturated rings. The summed E-state index contributed by atoms with van der Waals surface area (Å²) >= 11 is 0. The third-order valence-electron chi connectivity index (χ3n) is 3.91. The van der Waals surface area contributed by atoms with Crippen LogP contribution in [0.15, 0.2) is 6.20 Å². The number of nitrogen functional groups attached to an aromatic ring is 1. The Bertz CT molecular complexity index is 584. The molecule has 0 unspecified atom stereocenters. The van der Waals surface area contributed by atoms with Gasteiger partial charge in [0.1, 0.15) is 5.82 Å². The fraction of sp³-hybridized carbons (Fsp3) is 0.643. The fourth-order valence-electron chi connectivity index (χ4n) is 3.07. The second-order valence-corrected chi connectivity index (χ2v) is 6.02. The molecule has 108 valence electrons. The number of aromatic amines is 1. The minimum Gasteiger partial charge on any atom is -0.368 e. The van der Waals surface area contributed by atoms with Crippen molar-refractivity contribution in [3.05, 3.63) is 6.20 Å². The van der Waals surface area contributed by atoms with Gasteiger partial charge in [-0.05, 0) is 18.8 Å². The number of fused-ring (bicyclic) bond motifs is 1. The zero-order valence-electron chi connectivity index (χ0n) is 12.1. The molecule has 6 nitrogen and oxygen atoms in total. The van der Waals surface area contributed by atoms with Crippen molar-refractivity contribution < 1.29 is 0 Å². The molecule has 0 spiro atoms. The fourth-order valence-corrected chi connectivity index (χ4v) is 3.07. The molecule has 1 saturated carbocycles. The highest BCUT2D eigenvalue weighted by Crippen LogP contribution is 2.31. The van der Waals surface area contributed by atoms with E-state index in [1.165, 1.54) is 25.7 Å². The SMILES string of the molecule is CC(C)CN(c1nc(N)nc2[nH]ncc12)C1CCCC1. The lowest BCUT2D eigenvalue weighted by atomic mass is 10.1. The van der Waals surface area contributed by atoms with Crippen LogP contribution in [0.2, 0.25) is 0 Å². The molecule has 0 aliphatic heterocycles. The van der Waals surface area contributed by atoms with Gasteiger partial charge in [-0.3, -0.25) is 5.10 Å². The summed E-state index contributed by atoms with van der Waals surface area (Å²) in [6, 6.07) is 0.560. The van der Waals surface area contributed by atoms with Crippen LogP contribution in [0, 0.1) is 5.92 Å². The van der Waals surface area contributed by atoms with Gasteiger partial charge in [0.05, 0.1) is 11.6 Å². The molecule has 0 radical (unpaired) electrons. The lowest BCUT2D eigenvalue weighted by Gasteiger charge is -2.32. The molecular formula is C14H22N6. The van der Waals surface area contributed by atoms with Crippen molar-refractivity contribution in [2.45, 2.75) is 45.6 Å². The summed E-state index contributed by atoms with van der Waals surface area (Å²) in [6.45, 7) is 5.46. The lowest BCUT2D eigenvalue weighted by Crippen LogP contribution is -2.37. The van der Waals surface area contributed by atoms with Crippen molar-refractivity contribution >= 4 is 22.8 Å². The first-order valence-electron chi connectivity index (χ1n) is 7.38. The van der Waals surface area contributed by atoms with Crippen molar-refractivity contribution in [2.24, 2.45) is 5.92 Å². The van der Waals surface area contributed by atoms with Crippen LogP contribution in [0.1, 0.15) is 39.5 Å². The molecule has 0 atom stereocenters. The normalized spacial score (nSPS) is 16.4. The second-order valence-electron chi connectivity index (χ2n) is 6.02.